The van der Waals surface area contributed by atoms with Crippen molar-refractivity contribution in [2.24, 2.45) is 0 Å². The Bertz CT molecular complexity index is 449. The lowest BCUT2D eigenvalue weighted by Gasteiger charge is -2.35. The van der Waals surface area contributed by atoms with E-state index in [1.165, 1.54) is 12.8 Å². The van der Waals surface area contributed by atoms with Gasteiger partial charge in [-0.05, 0) is 25.7 Å². The highest BCUT2D eigenvalue weighted by atomic mass is 16.5. The Labute approximate surface area is 131 Å². The van der Waals surface area contributed by atoms with Crippen molar-refractivity contribution in [3.63, 3.8) is 0 Å². The highest BCUT2D eigenvalue weighted by molar-refractivity contribution is 5.76. The van der Waals surface area contributed by atoms with E-state index in [0.717, 1.165) is 57.9 Å². The van der Waals surface area contributed by atoms with Gasteiger partial charge < -0.3 is 14.6 Å². The lowest BCUT2D eigenvalue weighted by Crippen LogP contribution is -2.49. The molecule has 2 saturated heterocycles. The van der Waals surface area contributed by atoms with E-state index >= 15 is 0 Å². The van der Waals surface area contributed by atoms with Gasteiger partial charge in [0.15, 0.2) is 0 Å². The zero-order valence-electron chi connectivity index (χ0n) is 13.2. The normalized spacial score (nSPS) is 23.1. The zero-order chi connectivity index (χ0) is 15.2. The van der Waals surface area contributed by atoms with Crippen LogP contribution in [0.1, 0.15) is 31.4 Å². The molecule has 122 valence electrons. The van der Waals surface area contributed by atoms with Crippen molar-refractivity contribution < 1.29 is 9.53 Å². The summed E-state index contributed by atoms with van der Waals surface area (Å²) in [5.74, 6) is 0.258. The first kappa shape index (κ1) is 15.5. The summed E-state index contributed by atoms with van der Waals surface area (Å²) in [4.78, 5) is 23.7. The fourth-order valence-corrected chi connectivity index (χ4v) is 3.24. The predicted octanol–water partition coefficient (Wildman–Crippen LogP) is 1.06. The number of nitrogens with one attached hydrogen (secondary N) is 1. The fraction of sp³-hybridized carbons (Fsp3) is 0.750. The van der Waals surface area contributed by atoms with E-state index in [1.54, 1.807) is 12.5 Å². The van der Waals surface area contributed by atoms with Crippen LogP contribution in [0.4, 0.5) is 0 Å². The Morgan fingerprint density at radius 3 is 2.91 bits per heavy atom. The number of H-pyrrole nitrogens is 1. The molecule has 1 aromatic rings. The summed E-state index contributed by atoms with van der Waals surface area (Å²) >= 11 is 0. The number of imidazole rings is 1. The summed E-state index contributed by atoms with van der Waals surface area (Å²) in [7, 11) is 0. The van der Waals surface area contributed by atoms with Gasteiger partial charge in [-0.1, -0.05) is 0 Å². The van der Waals surface area contributed by atoms with Crippen molar-refractivity contribution in [1.29, 1.82) is 0 Å². The number of amides is 1. The van der Waals surface area contributed by atoms with E-state index in [0.29, 0.717) is 12.5 Å². The van der Waals surface area contributed by atoms with Gasteiger partial charge in [0, 0.05) is 57.6 Å². The van der Waals surface area contributed by atoms with Gasteiger partial charge in [0.1, 0.15) is 0 Å². The zero-order valence-corrected chi connectivity index (χ0v) is 13.2. The Morgan fingerprint density at radius 2 is 2.23 bits per heavy atom. The van der Waals surface area contributed by atoms with Crippen LogP contribution < -0.4 is 0 Å². The number of ether oxygens (including phenoxy) is 1. The molecule has 22 heavy (non-hydrogen) atoms. The molecule has 1 aromatic heterocycles. The average molecular weight is 306 g/mol. The third-order valence-corrected chi connectivity index (χ3v) is 4.68. The minimum absolute atomic E-state index is 0.258. The molecule has 0 spiro atoms. The molecule has 0 saturated carbocycles. The van der Waals surface area contributed by atoms with E-state index in [-0.39, 0.29) is 5.91 Å². The first-order valence-electron chi connectivity index (χ1n) is 8.40. The number of rotatable bonds is 6. The number of aromatic amines is 1. The first-order valence-corrected chi connectivity index (χ1v) is 8.40. The van der Waals surface area contributed by atoms with E-state index in [4.69, 9.17) is 4.74 Å². The minimum atomic E-state index is 0.258. The van der Waals surface area contributed by atoms with Crippen molar-refractivity contribution in [3.8, 4) is 0 Å². The predicted molar refractivity (Wildman–Crippen MR) is 83.5 cm³/mol. The number of nitrogens with zero attached hydrogens (tertiary/aromatic N) is 3. The highest BCUT2D eigenvalue weighted by Crippen LogP contribution is 2.16. The molecule has 1 N–H and O–H groups in total. The number of hydrogen-bond acceptors (Lipinski definition) is 4. The van der Waals surface area contributed by atoms with Gasteiger partial charge in [-0.25, -0.2) is 4.98 Å². The van der Waals surface area contributed by atoms with Crippen LogP contribution in [0.25, 0.3) is 0 Å². The molecule has 0 radical (unpaired) electrons. The molecule has 0 bridgehead atoms. The molecule has 1 amide bonds. The van der Waals surface area contributed by atoms with Crippen molar-refractivity contribution in [2.45, 2.75) is 38.2 Å². The van der Waals surface area contributed by atoms with Gasteiger partial charge in [-0.2, -0.15) is 0 Å². The minimum Gasteiger partial charge on any atom is -0.378 e. The monoisotopic (exact) mass is 306 g/mol. The molecule has 0 aliphatic carbocycles. The molecule has 6 nitrogen and oxygen atoms in total. The number of carbonyl (C=O) groups excluding carboxylic acids is 1. The van der Waals surface area contributed by atoms with Crippen molar-refractivity contribution in [3.05, 3.63) is 18.2 Å². The summed E-state index contributed by atoms with van der Waals surface area (Å²) in [5.41, 5.74) is 1.03. The fourth-order valence-electron chi connectivity index (χ4n) is 3.24. The number of carbonyl (C=O) groups is 1. The molecule has 3 rings (SSSR count). The maximum atomic E-state index is 12.2. The van der Waals surface area contributed by atoms with Crippen LogP contribution in [0.15, 0.2) is 12.5 Å². The summed E-state index contributed by atoms with van der Waals surface area (Å²) in [6.45, 7) is 5.72. The maximum absolute atomic E-state index is 12.2. The van der Waals surface area contributed by atoms with E-state index < -0.39 is 0 Å². The highest BCUT2D eigenvalue weighted by Gasteiger charge is 2.22. The van der Waals surface area contributed by atoms with Crippen molar-refractivity contribution in [2.75, 3.05) is 39.3 Å². The Hall–Kier alpha value is -1.40. The van der Waals surface area contributed by atoms with Crippen molar-refractivity contribution in [1.82, 2.24) is 19.8 Å². The third kappa shape index (κ3) is 4.30. The van der Waals surface area contributed by atoms with Crippen LogP contribution in [0.2, 0.25) is 0 Å². The smallest absolute Gasteiger partial charge is 0.223 e. The van der Waals surface area contributed by atoms with E-state index in [9.17, 15) is 4.79 Å². The summed E-state index contributed by atoms with van der Waals surface area (Å²) in [6.07, 6.45) is 8.79. The van der Waals surface area contributed by atoms with Crippen LogP contribution in [0, 0.1) is 0 Å². The van der Waals surface area contributed by atoms with Gasteiger partial charge in [-0.15, -0.1) is 0 Å². The Balaban J connectivity index is 1.33. The van der Waals surface area contributed by atoms with Crippen LogP contribution >= 0.6 is 0 Å². The molecule has 1 atom stereocenters. The Morgan fingerprint density at radius 1 is 1.36 bits per heavy atom. The number of piperazine rings is 1. The SMILES string of the molecule is O=C(CCc1cnc[nH]1)N1CCN(CCC2CCCO2)CC1. The number of aryl methyl sites for hydroxylation is 1. The van der Waals surface area contributed by atoms with Crippen LogP contribution in [0.3, 0.4) is 0 Å². The molecular weight excluding hydrogens is 280 g/mol. The summed E-state index contributed by atoms with van der Waals surface area (Å²) < 4.78 is 5.67. The Kier molecular flexibility index (Phi) is 5.45. The van der Waals surface area contributed by atoms with Gasteiger partial charge in [0.2, 0.25) is 5.91 Å². The topological polar surface area (TPSA) is 61.5 Å². The second-order valence-electron chi connectivity index (χ2n) is 6.22. The molecule has 6 heteroatoms. The molecular formula is C16H26N4O2. The lowest BCUT2D eigenvalue weighted by molar-refractivity contribution is -0.133. The van der Waals surface area contributed by atoms with Crippen LogP contribution in [0.5, 0.6) is 0 Å². The molecule has 3 heterocycles. The molecule has 2 aliphatic rings. The van der Waals surface area contributed by atoms with Gasteiger partial charge in [0.05, 0.1) is 12.4 Å². The van der Waals surface area contributed by atoms with Crippen molar-refractivity contribution >= 4 is 5.91 Å². The number of aromatic nitrogens is 2. The van der Waals surface area contributed by atoms with Gasteiger partial charge in [-0.3, -0.25) is 9.69 Å². The molecule has 2 fully saturated rings. The molecule has 0 aromatic carbocycles. The third-order valence-electron chi connectivity index (χ3n) is 4.68. The summed E-state index contributed by atoms with van der Waals surface area (Å²) in [6, 6.07) is 0. The summed E-state index contributed by atoms with van der Waals surface area (Å²) in [5, 5.41) is 0. The number of hydrogen-bond donors (Lipinski definition) is 1. The van der Waals surface area contributed by atoms with Crippen LogP contribution in [-0.2, 0) is 16.0 Å². The average Bonchev–Trinajstić information content (AvgIpc) is 3.24. The largest absolute Gasteiger partial charge is 0.378 e. The molecule has 2 aliphatic heterocycles. The van der Waals surface area contributed by atoms with E-state index in [1.807, 2.05) is 4.90 Å². The van der Waals surface area contributed by atoms with Gasteiger partial charge >= 0.3 is 0 Å². The van der Waals surface area contributed by atoms with Gasteiger partial charge in [0.25, 0.3) is 0 Å². The standard InChI is InChI=1S/C16H26N4O2/c21-16(4-3-14-12-17-13-18-14)20-9-7-19(8-10-20)6-5-15-2-1-11-22-15/h12-13,15H,1-11H2,(H,17,18). The molecule has 1 unspecified atom stereocenters. The second-order valence-corrected chi connectivity index (χ2v) is 6.22. The van der Waals surface area contributed by atoms with Crippen LogP contribution in [-0.4, -0.2) is 71.1 Å². The van der Waals surface area contributed by atoms with E-state index in [2.05, 4.69) is 14.9 Å². The quantitative estimate of drug-likeness (QED) is 0.853. The maximum Gasteiger partial charge on any atom is 0.223 e. The second kappa shape index (κ2) is 7.74. The lowest BCUT2D eigenvalue weighted by atomic mass is 10.1. The first-order chi connectivity index (χ1) is 10.8.